The first-order valence-corrected chi connectivity index (χ1v) is 9.00. The molecule has 2 unspecified atom stereocenters. The molecule has 1 aliphatic carbocycles. The first-order valence-electron chi connectivity index (χ1n) is 9.00. The quantitative estimate of drug-likeness (QED) is 0.566. The predicted molar refractivity (Wildman–Crippen MR) is 97.0 cm³/mol. The van der Waals surface area contributed by atoms with Gasteiger partial charge in [-0.1, -0.05) is 45.7 Å². The molecule has 1 saturated carbocycles. The summed E-state index contributed by atoms with van der Waals surface area (Å²) in [5.41, 5.74) is 5.30. The Hall–Kier alpha value is -0.980. The Bertz CT molecular complexity index is 573. The molecular weight excluding hydrogens is 266 g/mol. The van der Waals surface area contributed by atoms with Crippen LogP contribution < -0.4 is 4.90 Å². The molecule has 0 aromatic heterocycles. The van der Waals surface area contributed by atoms with Crippen LogP contribution in [0.3, 0.4) is 0 Å². The lowest BCUT2D eigenvalue weighted by Gasteiger charge is -2.50. The summed E-state index contributed by atoms with van der Waals surface area (Å²) >= 11 is 0. The molecule has 1 nitrogen and oxygen atoms in total. The second kappa shape index (κ2) is 4.76. The van der Waals surface area contributed by atoms with Gasteiger partial charge in [-0.25, -0.2) is 0 Å². The molecule has 1 heteroatoms. The van der Waals surface area contributed by atoms with Gasteiger partial charge in [-0.3, -0.25) is 0 Å². The standard InChI is InChI=1S/C21H33N/c1-19(2,3)15-11-12-18-16(14-15)17-10-8-9-13-21(17,7)22(18)20(4,5)6/h11-12,14,17H,8-10,13H2,1-7H3. The van der Waals surface area contributed by atoms with Crippen molar-refractivity contribution >= 4 is 5.69 Å². The Morgan fingerprint density at radius 1 is 1.05 bits per heavy atom. The molecule has 1 aromatic carbocycles. The highest BCUT2D eigenvalue weighted by molar-refractivity contribution is 5.67. The largest absolute Gasteiger partial charge is 0.360 e. The average molecular weight is 300 g/mol. The normalized spacial score (nSPS) is 28.5. The van der Waals surface area contributed by atoms with Crippen molar-refractivity contribution in [1.82, 2.24) is 0 Å². The van der Waals surface area contributed by atoms with E-state index in [-0.39, 0.29) is 11.0 Å². The first kappa shape index (κ1) is 15.9. The summed E-state index contributed by atoms with van der Waals surface area (Å²) in [5.74, 6) is 0.706. The molecule has 1 heterocycles. The minimum absolute atomic E-state index is 0.179. The van der Waals surface area contributed by atoms with Gasteiger partial charge < -0.3 is 4.90 Å². The number of hydrogen-bond donors (Lipinski definition) is 0. The minimum atomic E-state index is 0.179. The smallest absolute Gasteiger partial charge is 0.0448 e. The molecule has 2 aliphatic rings. The summed E-state index contributed by atoms with van der Waals surface area (Å²) in [5, 5.41) is 0. The van der Waals surface area contributed by atoms with E-state index < -0.39 is 0 Å². The van der Waals surface area contributed by atoms with E-state index >= 15 is 0 Å². The van der Waals surface area contributed by atoms with Gasteiger partial charge in [-0.05, 0) is 63.1 Å². The van der Waals surface area contributed by atoms with Crippen LogP contribution in [-0.4, -0.2) is 11.1 Å². The van der Waals surface area contributed by atoms with Crippen LogP contribution in [0.1, 0.15) is 91.2 Å². The average Bonchev–Trinajstić information content (AvgIpc) is 2.64. The zero-order valence-electron chi connectivity index (χ0n) is 15.6. The predicted octanol–water partition coefficient (Wildman–Crippen LogP) is 6.02. The maximum absolute atomic E-state index is 2.74. The van der Waals surface area contributed by atoms with Crippen molar-refractivity contribution in [2.75, 3.05) is 4.90 Å². The number of nitrogens with zero attached hydrogens (tertiary/aromatic N) is 1. The molecule has 0 N–H and O–H groups in total. The van der Waals surface area contributed by atoms with Gasteiger partial charge >= 0.3 is 0 Å². The van der Waals surface area contributed by atoms with E-state index in [0.717, 1.165) is 0 Å². The first-order chi connectivity index (χ1) is 10.0. The van der Waals surface area contributed by atoms with Crippen LogP contribution in [0, 0.1) is 0 Å². The molecule has 2 atom stereocenters. The van der Waals surface area contributed by atoms with Gasteiger partial charge in [-0.15, -0.1) is 0 Å². The molecule has 0 amide bonds. The van der Waals surface area contributed by atoms with Crippen LogP contribution in [0.25, 0.3) is 0 Å². The lowest BCUT2D eigenvalue weighted by Crippen LogP contribution is -2.56. The van der Waals surface area contributed by atoms with Crippen LogP contribution in [0.5, 0.6) is 0 Å². The third-order valence-corrected chi connectivity index (χ3v) is 5.87. The molecule has 122 valence electrons. The Morgan fingerprint density at radius 3 is 2.32 bits per heavy atom. The van der Waals surface area contributed by atoms with E-state index in [1.165, 1.54) is 36.9 Å². The summed E-state index contributed by atoms with van der Waals surface area (Å²) in [6, 6.07) is 7.29. The van der Waals surface area contributed by atoms with Crippen molar-refractivity contribution in [3.63, 3.8) is 0 Å². The van der Waals surface area contributed by atoms with Crippen molar-refractivity contribution < 1.29 is 0 Å². The molecular formula is C21H33N. The fraction of sp³-hybridized carbons (Fsp3) is 0.714. The fourth-order valence-electron chi connectivity index (χ4n) is 4.98. The maximum atomic E-state index is 2.74. The van der Waals surface area contributed by atoms with Gasteiger partial charge in [0.2, 0.25) is 0 Å². The molecule has 1 aliphatic heterocycles. The van der Waals surface area contributed by atoms with Gasteiger partial charge in [-0.2, -0.15) is 0 Å². The van der Waals surface area contributed by atoms with Crippen LogP contribution >= 0.6 is 0 Å². The zero-order valence-corrected chi connectivity index (χ0v) is 15.6. The number of fused-ring (bicyclic) bond motifs is 3. The van der Waals surface area contributed by atoms with E-state index in [4.69, 9.17) is 0 Å². The van der Waals surface area contributed by atoms with E-state index in [9.17, 15) is 0 Å². The van der Waals surface area contributed by atoms with Crippen molar-refractivity contribution in [3.8, 4) is 0 Å². The van der Waals surface area contributed by atoms with E-state index in [0.29, 0.717) is 11.5 Å². The van der Waals surface area contributed by atoms with E-state index in [1.54, 1.807) is 5.56 Å². The van der Waals surface area contributed by atoms with Crippen LogP contribution in [0.4, 0.5) is 5.69 Å². The number of benzene rings is 1. The van der Waals surface area contributed by atoms with Gasteiger partial charge in [0.25, 0.3) is 0 Å². The second-order valence-electron chi connectivity index (χ2n) is 9.69. The number of rotatable bonds is 0. The third kappa shape index (κ3) is 2.28. The Labute approximate surface area is 137 Å². The molecule has 22 heavy (non-hydrogen) atoms. The van der Waals surface area contributed by atoms with Gasteiger partial charge in [0.1, 0.15) is 0 Å². The number of hydrogen-bond acceptors (Lipinski definition) is 1. The molecule has 0 bridgehead atoms. The maximum Gasteiger partial charge on any atom is 0.0448 e. The van der Waals surface area contributed by atoms with E-state index in [2.05, 4.69) is 71.6 Å². The third-order valence-electron chi connectivity index (χ3n) is 5.87. The second-order valence-corrected chi connectivity index (χ2v) is 9.69. The van der Waals surface area contributed by atoms with Gasteiger partial charge in [0.05, 0.1) is 0 Å². The molecule has 0 spiro atoms. The highest BCUT2D eigenvalue weighted by Crippen LogP contribution is 2.57. The SMILES string of the molecule is CC(C)(C)c1ccc2c(c1)C1CCCCC1(C)N2C(C)(C)C. The molecule has 0 saturated heterocycles. The summed E-state index contributed by atoms with van der Waals surface area (Å²) < 4.78 is 0. The zero-order chi connectivity index (χ0) is 16.3. The van der Waals surface area contributed by atoms with Crippen molar-refractivity contribution in [3.05, 3.63) is 29.3 Å². The van der Waals surface area contributed by atoms with Crippen molar-refractivity contribution in [1.29, 1.82) is 0 Å². The topological polar surface area (TPSA) is 3.24 Å². The summed E-state index contributed by atoms with van der Waals surface area (Å²) in [7, 11) is 0. The Kier molecular flexibility index (Phi) is 3.44. The lowest BCUT2D eigenvalue weighted by molar-refractivity contribution is 0.239. The summed E-state index contributed by atoms with van der Waals surface area (Å²) in [6.45, 7) is 16.6. The van der Waals surface area contributed by atoms with Gasteiger partial charge in [0, 0.05) is 22.7 Å². The van der Waals surface area contributed by atoms with Crippen molar-refractivity contribution in [2.24, 2.45) is 0 Å². The van der Waals surface area contributed by atoms with Crippen LogP contribution in [-0.2, 0) is 5.41 Å². The lowest BCUT2D eigenvalue weighted by atomic mass is 9.71. The molecule has 1 fully saturated rings. The minimum Gasteiger partial charge on any atom is -0.360 e. The van der Waals surface area contributed by atoms with Gasteiger partial charge in [0.15, 0.2) is 0 Å². The highest BCUT2D eigenvalue weighted by atomic mass is 15.3. The van der Waals surface area contributed by atoms with Crippen molar-refractivity contribution in [2.45, 2.75) is 96.6 Å². The van der Waals surface area contributed by atoms with E-state index in [1.807, 2.05) is 0 Å². The molecule has 0 radical (unpaired) electrons. The summed E-state index contributed by atoms with van der Waals surface area (Å²) in [6.07, 6.45) is 5.44. The fourth-order valence-corrected chi connectivity index (χ4v) is 4.98. The number of anilines is 1. The summed E-state index contributed by atoms with van der Waals surface area (Å²) in [4.78, 5) is 2.74. The Morgan fingerprint density at radius 2 is 1.73 bits per heavy atom. The molecule has 3 rings (SSSR count). The van der Waals surface area contributed by atoms with Crippen LogP contribution in [0.15, 0.2) is 18.2 Å². The van der Waals surface area contributed by atoms with Crippen LogP contribution in [0.2, 0.25) is 0 Å². The Balaban J connectivity index is 2.17. The highest BCUT2D eigenvalue weighted by Gasteiger charge is 2.52. The molecule has 1 aromatic rings. The monoisotopic (exact) mass is 299 g/mol.